The Morgan fingerprint density at radius 3 is 2.75 bits per heavy atom. The maximum atomic E-state index is 4.58. The van der Waals surface area contributed by atoms with E-state index in [0.717, 1.165) is 0 Å². The van der Waals surface area contributed by atoms with Gasteiger partial charge in [0.2, 0.25) is 0 Å². The zero-order chi connectivity index (χ0) is 11.0. The maximum Gasteiger partial charge on any atom is 0.0739 e. The SMILES string of the molecule is CC1=C(c2nccc3ccccc23)CCC1. The highest BCUT2D eigenvalue weighted by Gasteiger charge is 2.15. The van der Waals surface area contributed by atoms with Crippen molar-refractivity contribution in [3.63, 3.8) is 0 Å². The van der Waals surface area contributed by atoms with Gasteiger partial charge in [0.15, 0.2) is 0 Å². The minimum Gasteiger partial charge on any atom is -0.256 e. The third-order valence-corrected chi connectivity index (χ3v) is 3.45. The standard InChI is InChI=1S/C15H15N/c1-11-5-4-8-13(11)15-14-7-3-2-6-12(14)9-10-16-15/h2-3,6-7,9-10H,4-5,8H2,1H3. The Labute approximate surface area is 95.8 Å². The Kier molecular flexibility index (Phi) is 2.24. The van der Waals surface area contributed by atoms with Crippen LogP contribution in [0.2, 0.25) is 0 Å². The molecule has 0 radical (unpaired) electrons. The monoisotopic (exact) mass is 209 g/mol. The summed E-state index contributed by atoms with van der Waals surface area (Å²) in [5.74, 6) is 0. The second-order valence-corrected chi connectivity index (χ2v) is 4.49. The van der Waals surface area contributed by atoms with Gasteiger partial charge in [-0.3, -0.25) is 4.98 Å². The molecule has 0 unspecified atom stereocenters. The van der Waals surface area contributed by atoms with Gasteiger partial charge in [0, 0.05) is 11.6 Å². The molecule has 1 aliphatic rings. The fraction of sp³-hybridized carbons (Fsp3) is 0.267. The second kappa shape index (κ2) is 3.75. The zero-order valence-corrected chi connectivity index (χ0v) is 9.53. The van der Waals surface area contributed by atoms with E-state index < -0.39 is 0 Å². The largest absolute Gasteiger partial charge is 0.256 e. The third kappa shape index (κ3) is 1.44. The van der Waals surface area contributed by atoms with Crippen LogP contribution in [0.15, 0.2) is 42.1 Å². The van der Waals surface area contributed by atoms with Gasteiger partial charge in [-0.25, -0.2) is 0 Å². The van der Waals surface area contributed by atoms with Crippen LogP contribution in [0.1, 0.15) is 31.9 Å². The first-order chi connectivity index (χ1) is 7.86. The summed E-state index contributed by atoms with van der Waals surface area (Å²) in [6, 6.07) is 10.6. The number of hydrogen-bond acceptors (Lipinski definition) is 1. The van der Waals surface area contributed by atoms with Crippen molar-refractivity contribution in [3.05, 3.63) is 47.8 Å². The summed E-state index contributed by atoms with van der Waals surface area (Å²) in [6.45, 7) is 2.24. The van der Waals surface area contributed by atoms with Gasteiger partial charge in [-0.05, 0) is 43.2 Å². The van der Waals surface area contributed by atoms with Gasteiger partial charge in [0.25, 0.3) is 0 Å². The lowest BCUT2D eigenvalue weighted by molar-refractivity contribution is 0.909. The molecule has 0 aliphatic heterocycles. The molecule has 1 aromatic heterocycles. The van der Waals surface area contributed by atoms with Crippen molar-refractivity contribution >= 4 is 16.3 Å². The van der Waals surface area contributed by atoms with Crippen molar-refractivity contribution < 1.29 is 0 Å². The highest BCUT2D eigenvalue weighted by molar-refractivity contribution is 5.92. The molecule has 1 heteroatoms. The predicted octanol–water partition coefficient (Wildman–Crippen LogP) is 4.19. The van der Waals surface area contributed by atoms with Gasteiger partial charge in [-0.2, -0.15) is 0 Å². The Hall–Kier alpha value is -1.63. The first-order valence-corrected chi connectivity index (χ1v) is 5.89. The molecule has 1 aliphatic carbocycles. The van der Waals surface area contributed by atoms with Crippen molar-refractivity contribution in [1.29, 1.82) is 0 Å². The average Bonchev–Trinajstić information content (AvgIpc) is 2.75. The maximum absolute atomic E-state index is 4.58. The zero-order valence-electron chi connectivity index (χ0n) is 9.53. The van der Waals surface area contributed by atoms with Crippen LogP contribution in [0, 0.1) is 0 Å². The second-order valence-electron chi connectivity index (χ2n) is 4.49. The Bertz CT molecular complexity index is 561. The molecule has 1 aromatic carbocycles. The fourth-order valence-corrected chi connectivity index (χ4v) is 2.58. The van der Waals surface area contributed by atoms with Gasteiger partial charge in [0.05, 0.1) is 5.69 Å². The minimum absolute atomic E-state index is 1.19. The van der Waals surface area contributed by atoms with Crippen LogP contribution in [-0.2, 0) is 0 Å². The lowest BCUT2D eigenvalue weighted by Crippen LogP contribution is -1.90. The van der Waals surface area contributed by atoms with Crippen LogP contribution in [-0.4, -0.2) is 4.98 Å². The minimum atomic E-state index is 1.19. The van der Waals surface area contributed by atoms with Crippen molar-refractivity contribution in [1.82, 2.24) is 4.98 Å². The summed E-state index contributed by atoms with van der Waals surface area (Å²) in [7, 11) is 0. The van der Waals surface area contributed by atoms with Crippen LogP contribution in [0.4, 0.5) is 0 Å². The summed E-state index contributed by atoms with van der Waals surface area (Å²) < 4.78 is 0. The molecule has 0 saturated carbocycles. The molecule has 0 saturated heterocycles. The van der Waals surface area contributed by atoms with E-state index in [4.69, 9.17) is 0 Å². The molecular weight excluding hydrogens is 194 g/mol. The quantitative estimate of drug-likeness (QED) is 0.686. The molecule has 0 atom stereocenters. The average molecular weight is 209 g/mol. The lowest BCUT2D eigenvalue weighted by Gasteiger charge is -2.07. The fourth-order valence-electron chi connectivity index (χ4n) is 2.58. The van der Waals surface area contributed by atoms with Gasteiger partial charge in [0.1, 0.15) is 0 Å². The number of fused-ring (bicyclic) bond motifs is 1. The molecule has 80 valence electrons. The Morgan fingerprint density at radius 2 is 1.94 bits per heavy atom. The van der Waals surface area contributed by atoms with Crippen LogP contribution in [0.3, 0.4) is 0 Å². The number of nitrogens with zero attached hydrogens (tertiary/aromatic N) is 1. The van der Waals surface area contributed by atoms with Gasteiger partial charge < -0.3 is 0 Å². The van der Waals surface area contributed by atoms with E-state index in [2.05, 4.69) is 42.2 Å². The van der Waals surface area contributed by atoms with Crippen molar-refractivity contribution in [3.8, 4) is 0 Å². The molecule has 16 heavy (non-hydrogen) atoms. The topological polar surface area (TPSA) is 12.9 Å². The van der Waals surface area contributed by atoms with Gasteiger partial charge in [-0.1, -0.05) is 29.8 Å². The number of hydrogen-bond donors (Lipinski definition) is 0. The smallest absolute Gasteiger partial charge is 0.0739 e. The van der Waals surface area contributed by atoms with Crippen LogP contribution in [0.5, 0.6) is 0 Å². The third-order valence-electron chi connectivity index (χ3n) is 3.45. The molecular formula is C15H15N. The van der Waals surface area contributed by atoms with E-state index in [1.165, 1.54) is 46.9 Å². The first-order valence-electron chi connectivity index (χ1n) is 5.89. The van der Waals surface area contributed by atoms with E-state index in [0.29, 0.717) is 0 Å². The molecule has 1 heterocycles. The van der Waals surface area contributed by atoms with E-state index in [-0.39, 0.29) is 0 Å². The number of aromatic nitrogens is 1. The highest BCUT2D eigenvalue weighted by Crippen LogP contribution is 2.35. The summed E-state index contributed by atoms with van der Waals surface area (Å²) in [4.78, 5) is 4.58. The number of pyridine rings is 1. The van der Waals surface area contributed by atoms with E-state index >= 15 is 0 Å². The van der Waals surface area contributed by atoms with E-state index in [1.807, 2.05) is 6.20 Å². The number of allylic oxidation sites excluding steroid dienone is 2. The Morgan fingerprint density at radius 1 is 1.06 bits per heavy atom. The summed E-state index contributed by atoms with van der Waals surface area (Å²) in [5, 5.41) is 2.58. The molecule has 3 rings (SSSR count). The van der Waals surface area contributed by atoms with Crippen LogP contribution in [0.25, 0.3) is 16.3 Å². The van der Waals surface area contributed by atoms with Gasteiger partial charge in [-0.15, -0.1) is 0 Å². The number of rotatable bonds is 1. The van der Waals surface area contributed by atoms with Crippen molar-refractivity contribution in [2.24, 2.45) is 0 Å². The van der Waals surface area contributed by atoms with E-state index in [9.17, 15) is 0 Å². The molecule has 0 fully saturated rings. The van der Waals surface area contributed by atoms with E-state index in [1.54, 1.807) is 0 Å². The molecule has 1 nitrogen and oxygen atoms in total. The van der Waals surface area contributed by atoms with Crippen LogP contribution < -0.4 is 0 Å². The number of benzene rings is 1. The molecule has 0 bridgehead atoms. The summed E-state index contributed by atoms with van der Waals surface area (Å²) in [6.07, 6.45) is 5.63. The van der Waals surface area contributed by atoms with Crippen molar-refractivity contribution in [2.75, 3.05) is 0 Å². The molecule has 0 N–H and O–H groups in total. The summed E-state index contributed by atoms with van der Waals surface area (Å²) >= 11 is 0. The predicted molar refractivity (Wildman–Crippen MR) is 68.2 cm³/mol. The van der Waals surface area contributed by atoms with Crippen molar-refractivity contribution in [2.45, 2.75) is 26.2 Å². The molecule has 0 amide bonds. The highest BCUT2D eigenvalue weighted by atomic mass is 14.7. The molecule has 2 aromatic rings. The van der Waals surface area contributed by atoms with Crippen LogP contribution >= 0.6 is 0 Å². The molecule has 0 spiro atoms. The normalized spacial score (nSPS) is 16.1. The summed E-state index contributed by atoms with van der Waals surface area (Å²) in [5.41, 5.74) is 4.19. The Balaban J connectivity index is 2.28. The van der Waals surface area contributed by atoms with Gasteiger partial charge >= 0.3 is 0 Å². The lowest BCUT2D eigenvalue weighted by atomic mass is 10.0. The first kappa shape index (κ1) is 9.59.